The predicted octanol–water partition coefficient (Wildman–Crippen LogP) is 1.73. The Labute approximate surface area is 101 Å². The molecule has 0 aliphatic heterocycles. The molecule has 1 N–H and O–H groups in total. The third-order valence-electron chi connectivity index (χ3n) is 3.14. The van der Waals surface area contributed by atoms with E-state index in [4.69, 9.17) is 4.74 Å². The molecule has 0 amide bonds. The number of rotatable bonds is 9. The smallest absolute Gasteiger partial charge is 0.0630 e. The van der Waals surface area contributed by atoms with E-state index in [0.717, 1.165) is 38.2 Å². The number of hydrogen-bond acceptors (Lipinski definition) is 3. The molecule has 3 nitrogen and oxygen atoms in total. The SMILES string of the molecule is CCN(C1CC1)C(CNCC(C)C)COC. The lowest BCUT2D eigenvalue weighted by molar-refractivity contribution is 0.0870. The highest BCUT2D eigenvalue weighted by Gasteiger charge is 2.32. The van der Waals surface area contributed by atoms with Crippen LogP contribution in [0.3, 0.4) is 0 Å². The van der Waals surface area contributed by atoms with Gasteiger partial charge < -0.3 is 10.1 Å². The first-order valence-corrected chi connectivity index (χ1v) is 6.64. The summed E-state index contributed by atoms with van der Waals surface area (Å²) >= 11 is 0. The first-order valence-electron chi connectivity index (χ1n) is 6.64. The van der Waals surface area contributed by atoms with Crippen LogP contribution in [-0.2, 0) is 4.74 Å². The molecule has 1 fully saturated rings. The normalized spacial score (nSPS) is 18.4. The second-order valence-corrected chi connectivity index (χ2v) is 5.22. The summed E-state index contributed by atoms with van der Waals surface area (Å²) in [6.07, 6.45) is 2.75. The summed E-state index contributed by atoms with van der Waals surface area (Å²) in [5, 5.41) is 3.55. The van der Waals surface area contributed by atoms with E-state index in [1.807, 2.05) is 0 Å². The second-order valence-electron chi connectivity index (χ2n) is 5.22. The molecule has 0 saturated heterocycles. The van der Waals surface area contributed by atoms with Gasteiger partial charge >= 0.3 is 0 Å². The Morgan fingerprint density at radius 1 is 1.31 bits per heavy atom. The van der Waals surface area contributed by atoms with Gasteiger partial charge in [-0.25, -0.2) is 0 Å². The van der Waals surface area contributed by atoms with Crippen molar-refractivity contribution in [3.63, 3.8) is 0 Å². The van der Waals surface area contributed by atoms with Crippen LogP contribution in [0.5, 0.6) is 0 Å². The summed E-state index contributed by atoms with van der Waals surface area (Å²) in [5.41, 5.74) is 0. The van der Waals surface area contributed by atoms with Crippen LogP contribution in [0.25, 0.3) is 0 Å². The van der Waals surface area contributed by atoms with Crippen LogP contribution in [0, 0.1) is 5.92 Å². The quantitative estimate of drug-likeness (QED) is 0.650. The van der Waals surface area contributed by atoms with Crippen LogP contribution in [-0.4, -0.2) is 50.3 Å². The number of hydrogen-bond donors (Lipinski definition) is 1. The lowest BCUT2D eigenvalue weighted by atomic mass is 10.2. The molecular weight excluding hydrogens is 200 g/mol. The molecule has 1 aliphatic carbocycles. The van der Waals surface area contributed by atoms with E-state index in [2.05, 4.69) is 31.0 Å². The third kappa shape index (κ3) is 4.81. The zero-order valence-corrected chi connectivity index (χ0v) is 11.3. The minimum absolute atomic E-state index is 0.543. The summed E-state index contributed by atoms with van der Waals surface area (Å²) in [6, 6.07) is 1.37. The molecule has 0 heterocycles. The maximum atomic E-state index is 5.34. The fraction of sp³-hybridized carbons (Fsp3) is 1.00. The standard InChI is InChI=1S/C13H28N2O/c1-5-15(12-6-7-12)13(10-16-4)9-14-8-11(2)3/h11-14H,5-10H2,1-4H3. The van der Waals surface area contributed by atoms with Gasteiger partial charge in [0.05, 0.1) is 6.61 Å². The van der Waals surface area contributed by atoms with Gasteiger partial charge in [-0.3, -0.25) is 4.90 Å². The lowest BCUT2D eigenvalue weighted by Crippen LogP contribution is -2.46. The van der Waals surface area contributed by atoms with Crippen LogP contribution >= 0.6 is 0 Å². The van der Waals surface area contributed by atoms with E-state index >= 15 is 0 Å². The van der Waals surface area contributed by atoms with Crippen LogP contribution in [0.4, 0.5) is 0 Å². The van der Waals surface area contributed by atoms with E-state index in [1.54, 1.807) is 7.11 Å². The van der Waals surface area contributed by atoms with Crippen molar-refractivity contribution < 1.29 is 4.74 Å². The molecule has 0 bridgehead atoms. The minimum Gasteiger partial charge on any atom is -0.383 e. The molecule has 3 heteroatoms. The van der Waals surface area contributed by atoms with E-state index in [9.17, 15) is 0 Å². The van der Waals surface area contributed by atoms with Crippen LogP contribution < -0.4 is 5.32 Å². The monoisotopic (exact) mass is 228 g/mol. The molecule has 1 saturated carbocycles. The Bertz CT molecular complexity index is 181. The van der Waals surface area contributed by atoms with Crippen molar-refractivity contribution in [3.05, 3.63) is 0 Å². The zero-order chi connectivity index (χ0) is 12.0. The zero-order valence-electron chi connectivity index (χ0n) is 11.3. The molecule has 1 atom stereocenters. The van der Waals surface area contributed by atoms with Crippen LogP contribution in [0.1, 0.15) is 33.6 Å². The van der Waals surface area contributed by atoms with Gasteiger partial charge in [-0.1, -0.05) is 20.8 Å². The van der Waals surface area contributed by atoms with Gasteiger partial charge in [0, 0.05) is 25.7 Å². The van der Waals surface area contributed by atoms with Crippen molar-refractivity contribution in [1.82, 2.24) is 10.2 Å². The van der Waals surface area contributed by atoms with E-state index in [1.165, 1.54) is 12.8 Å². The lowest BCUT2D eigenvalue weighted by Gasteiger charge is -2.30. The number of nitrogens with one attached hydrogen (secondary N) is 1. The summed E-state index contributed by atoms with van der Waals surface area (Å²) in [6.45, 7) is 10.9. The molecule has 0 radical (unpaired) electrons. The Hall–Kier alpha value is -0.120. The molecule has 0 spiro atoms. The highest BCUT2D eigenvalue weighted by molar-refractivity contribution is 4.89. The molecule has 96 valence electrons. The molecule has 0 aromatic rings. The second kappa shape index (κ2) is 7.25. The highest BCUT2D eigenvalue weighted by Crippen LogP contribution is 2.28. The van der Waals surface area contributed by atoms with Crippen LogP contribution in [0.2, 0.25) is 0 Å². The van der Waals surface area contributed by atoms with Crippen molar-refractivity contribution in [2.75, 3.05) is 33.4 Å². The fourth-order valence-corrected chi connectivity index (χ4v) is 2.22. The average molecular weight is 228 g/mol. The molecule has 0 aromatic carbocycles. The van der Waals surface area contributed by atoms with Gasteiger partial charge in [0.15, 0.2) is 0 Å². The maximum absolute atomic E-state index is 5.34. The van der Waals surface area contributed by atoms with Gasteiger partial charge in [-0.05, 0) is 31.8 Å². The number of methoxy groups -OCH3 is 1. The highest BCUT2D eigenvalue weighted by atomic mass is 16.5. The fourth-order valence-electron chi connectivity index (χ4n) is 2.22. The first-order chi connectivity index (χ1) is 7.69. The summed E-state index contributed by atoms with van der Waals surface area (Å²) in [5.74, 6) is 0.721. The summed E-state index contributed by atoms with van der Waals surface area (Å²) < 4.78 is 5.34. The van der Waals surface area contributed by atoms with Crippen molar-refractivity contribution in [2.24, 2.45) is 5.92 Å². The van der Waals surface area contributed by atoms with Gasteiger partial charge in [0.25, 0.3) is 0 Å². The Kier molecular flexibility index (Phi) is 6.32. The summed E-state index contributed by atoms with van der Waals surface area (Å²) in [7, 11) is 1.80. The minimum atomic E-state index is 0.543. The van der Waals surface area contributed by atoms with E-state index in [0.29, 0.717) is 6.04 Å². The largest absolute Gasteiger partial charge is 0.383 e. The summed E-state index contributed by atoms with van der Waals surface area (Å²) in [4.78, 5) is 2.59. The van der Waals surface area contributed by atoms with Gasteiger partial charge in [-0.2, -0.15) is 0 Å². The topological polar surface area (TPSA) is 24.5 Å². The number of nitrogens with zero attached hydrogens (tertiary/aromatic N) is 1. The van der Waals surface area contributed by atoms with E-state index < -0.39 is 0 Å². The maximum Gasteiger partial charge on any atom is 0.0630 e. The molecule has 1 aliphatic rings. The Morgan fingerprint density at radius 2 is 2.00 bits per heavy atom. The molecule has 1 unspecified atom stereocenters. The third-order valence-corrected chi connectivity index (χ3v) is 3.14. The molecule has 0 aromatic heterocycles. The van der Waals surface area contributed by atoms with Gasteiger partial charge in [0.1, 0.15) is 0 Å². The molecule has 1 rings (SSSR count). The number of ether oxygens (including phenoxy) is 1. The Morgan fingerprint density at radius 3 is 2.44 bits per heavy atom. The predicted molar refractivity (Wildman–Crippen MR) is 68.8 cm³/mol. The van der Waals surface area contributed by atoms with Crippen molar-refractivity contribution in [2.45, 2.75) is 45.7 Å². The van der Waals surface area contributed by atoms with Crippen molar-refractivity contribution >= 4 is 0 Å². The average Bonchev–Trinajstić information content (AvgIpc) is 3.02. The first kappa shape index (κ1) is 13.9. The van der Waals surface area contributed by atoms with Gasteiger partial charge in [-0.15, -0.1) is 0 Å². The Balaban J connectivity index is 2.32. The van der Waals surface area contributed by atoms with Crippen LogP contribution in [0.15, 0.2) is 0 Å². The number of likely N-dealkylation sites (N-methyl/N-ethyl adjacent to an activating group) is 1. The molecule has 16 heavy (non-hydrogen) atoms. The van der Waals surface area contributed by atoms with Gasteiger partial charge in [0.2, 0.25) is 0 Å². The van der Waals surface area contributed by atoms with Crippen molar-refractivity contribution in [3.8, 4) is 0 Å². The van der Waals surface area contributed by atoms with Crippen molar-refractivity contribution in [1.29, 1.82) is 0 Å². The van der Waals surface area contributed by atoms with E-state index in [-0.39, 0.29) is 0 Å². The molecular formula is C13H28N2O.